The Balaban J connectivity index is 1.82. The Morgan fingerprint density at radius 1 is 0.913 bits per heavy atom. The molecule has 1 amide bonds. The molecule has 0 radical (unpaired) electrons. The highest BCUT2D eigenvalue weighted by Crippen LogP contribution is 2.25. The number of hydrogen-bond donors (Lipinski definition) is 1. The summed E-state index contributed by atoms with van der Waals surface area (Å²) < 4.78 is 0. The smallest absolute Gasteiger partial charge is 0.257 e. The van der Waals surface area contributed by atoms with Crippen LogP contribution in [-0.4, -0.2) is 16.7 Å². The van der Waals surface area contributed by atoms with E-state index in [1.165, 1.54) is 11.3 Å². The van der Waals surface area contributed by atoms with Gasteiger partial charge < -0.3 is 0 Å². The van der Waals surface area contributed by atoms with Gasteiger partial charge >= 0.3 is 0 Å². The van der Waals surface area contributed by atoms with Crippen LogP contribution in [0.2, 0.25) is 0 Å². The number of nitrogens with one attached hydrogen (secondary N) is 1. The lowest BCUT2D eigenvalue weighted by Crippen LogP contribution is -2.11. The summed E-state index contributed by atoms with van der Waals surface area (Å²) in [7, 11) is 0. The van der Waals surface area contributed by atoms with Crippen molar-refractivity contribution in [2.24, 2.45) is 0 Å². The molecule has 1 heterocycles. The van der Waals surface area contributed by atoms with E-state index in [2.05, 4.69) is 10.3 Å². The predicted octanol–water partition coefficient (Wildman–Crippen LogP) is 3.93. The van der Waals surface area contributed by atoms with Crippen molar-refractivity contribution in [2.75, 3.05) is 5.32 Å². The lowest BCUT2D eigenvalue weighted by molar-refractivity contribution is 0.102. The maximum Gasteiger partial charge on any atom is 0.257 e. The highest BCUT2D eigenvalue weighted by Gasteiger charge is 2.18. The summed E-state index contributed by atoms with van der Waals surface area (Å²) in [6, 6.07) is 17.9. The number of nitrogens with zero attached hydrogens (tertiary/aromatic N) is 1. The van der Waals surface area contributed by atoms with Gasteiger partial charge in [-0.05, 0) is 19.1 Å². The Labute approximate surface area is 137 Å². The van der Waals surface area contributed by atoms with E-state index >= 15 is 0 Å². The van der Waals surface area contributed by atoms with Gasteiger partial charge in [0.2, 0.25) is 5.78 Å². The zero-order valence-corrected chi connectivity index (χ0v) is 13.3. The molecule has 0 unspecified atom stereocenters. The average molecular weight is 322 g/mol. The molecule has 0 atom stereocenters. The van der Waals surface area contributed by atoms with Crippen LogP contribution in [-0.2, 0) is 0 Å². The molecule has 0 saturated carbocycles. The number of thiazole rings is 1. The SMILES string of the molecule is Cc1nc(NC(=O)c2ccccc2)sc1C(=O)c1ccccc1. The molecule has 2 aromatic carbocycles. The molecule has 0 spiro atoms. The van der Waals surface area contributed by atoms with Crippen LogP contribution < -0.4 is 5.32 Å². The largest absolute Gasteiger partial charge is 0.298 e. The maximum atomic E-state index is 12.5. The summed E-state index contributed by atoms with van der Waals surface area (Å²) in [6.07, 6.45) is 0. The molecule has 0 bridgehead atoms. The molecule has 3 aromatic rings. The Bertz CT molecular complexity index is 842. The number of anilines is 1. The summed E-state index contributed by atoms with van der Waals surface area (Å²) in [5.74, 6) is -0.320. The number of benzene rings is 2. The van der Waals surface area contributed by atoms with Crippen molar-refractivity contribution >= 4 is 28.2 Å². The van der Waals surface area contributed by atoms with Crippen LogP contribution in [0.5, 0.6) is 0 Å². The highest BCUT2D eigenvalue weighted by molar-refractivity contribution is 7.18. The maximum absolute atomic E-state index is 12.5. The fourth-order valence-electron chi connectivity index (χ4n) is 2.14. The van der Waals surface area contributed by atoms with Crippen LogP contribution in [0, 0.1) is 6.92 Å². The molecule has 0 fully saturated rings. The minimum absolute atomic E-state index is 0.0826. The average Bonchev–Trinajstić information content (AvgIpc) is 2.96. The summed E-state index contributed by atoms with van der Waals surface area (Å²) in [5, 5.41) is 3.17. The van der Waals surface area contributed by atoms with Crippen molar-refractivity contribution < 1.29 is 9.59 Å². The molecule has 5 heteroatoms. The summed E-state index contributed by atoms with van der Waals surface area (Å²) in [4.78, 5) is 29.5. The number of aryl methyl sites for hydroxylation is 1. The zero-order chi connectivity index (χ0) is 16.2. The second kappa shape index (κ2) is 6.54. The quantitative estimate of drug-likeness (QED) is 0.740. The van der Waals surface area contributed by atoms with Gasteiger partial charge in [-0.3, -0.25) is 14.9 Å². The van der Waals surface area contributed by atoms with Gasteiger partial charge in [-0.2, -0.15) is 0 Å². The van der Waals surface area contributed by atoms with E-state index in [1.807, 2.05) is 24.3 Å². The van der Waals surface area contributed by atoms with Gasteiger partial charge in [0.25, 0.3) is 5.91 Å². The molecule has 3 rings (SSSR count). The lowest BCUT2D eigenvalue weighted by atomic mass is 10.1. The molecule has 23 heavy (non-hydrogen) atoms. The Kier molecular flexibility index (Phi) is 4.30. The van der Waals surface area contributed by atoms with Crippen molar-refractivity contribution in [1.29, 1.82) is 0 Å². The summed E-state index contributed by atoms with van der Waals surface area (Å²) in [5.41, 5.74) is 1.78. The third-order valence-corrected chi connectivity index (χ3v) is 4.37. The van der Waals surface area contributed by atoms with Gasteiger partial charge in [0.1, 0.15) is 0 Å². The minimum atomic E-state index is -0.238. The third-order valence-electron chi connectivity index (χ3n) is 3.30. The van der Waals surface area contributed by atoms with Crippen molar-refractivity contribution in [3.63, 3.8) is 0 Å². The lowest BCUT2D eigenvalue weighted by Gasteiger charge is -2.00. The van der Waals surface area contributed by atoms with Crippen molar-refractivity contribution in [1.82, 2.24) is 4.98 Å². The topological polar surface area (TPSA) is 59.1 Å². The first-order valence-corrected chi connectivity index (χ1v) is 7.90. The number of ketones is 1. The number of amides is 1. The standard InChI is InChI=1S/C18H14N2O2S/c1-12-16(15(21)13-8-4-2-5-9-13)23-18(19-12)20-17(22)14-10-6-3-7-11-14/h2-11H,1H3,(H,19,20,22). The molecule has 1 N–H and O–H groups in total. The van der Waals surface area contributed by atoms with E-state index in [9.17, 15) is 9.59 Å². The Morgan fingerprint density at radius 2 is 1.48 bits per heavy atom. The van der Waals surface area contributed by atoms with E-state index in [1.54, 1.807) is 43.3 Å². The van der Waals surface area contributed by atoms with Gasteiger partial charge in [-0.25, -0.2) is 4.98 Å². The number of carbonyl (C=O) groups excluding carboxylic acids is 2. The minimum Gasteiger partial charge on any atom is -0.298 e. The molecule has 0 saturated heterocycles. The number of hydrogen-bond acceptors (Lipinski definition) is 4. The van der Waals surface area contributed by atoms with Crippen LogP contribution in [0.25, 0.3) is 0 Å². The first-order chi connectivity index (χ1) is 11.1. The molecule has 4 nitrogen and oxygen atoms in total. The van der Waals surface area contributed by atoms with Gasteiger partial charge in [0.05, 0.1) is 10.6 Å². The number of carbonyl (C=O) groups is 2. The van der Waals surface area contributed by atoms with Crippen molar-refractivity contribution in [2.45, 2.75) is 6.92 Å². The molecular weight excluding hydrogens is 308 g/mol. The first kappa shape index (κ1) is 15.1. The predicted molar refractivity (Wildman–Crippen MR) is 91.1 cm³/mol. The molecule has 0 aliphatic rings. The van der Waals surface area contributed by atoms with E-state index in [0.29, 0.717) is 26.8 Å². The van der Waals surface area contributed by atoms with Gasteiger partial charge in [0.15, 0.2) is 5.13 Å². The fourth-order valence-corrected chi connectivity index (χ4v) is 3.06. The van der Waals surface area contributed by atoms with Gasteiger partial charge in [-0.15, -0.1) is 0 Å². The van der Waals surface area contributed by atoms with Crippen molar-refractivity contribution in [3.05, 3.63) is 82.4 Å². The van der Waals surface area contributed by atoms with E-state index in [-0.39, 0.29) is 11.7 Å². The van der Waals surface area contributed by atoms with Crippen LogP contribution in [0.15, 0.2) is 60.7 Å². The first-order valence-electron chi connectivity index (χ1n) is 7.09. The number of aromatic nitrogens is 1. The second-order valence-electron chi connectivity index (χ2n) is 4.95. The highest BCUT2D eigenvalue weighted by atomic mass is 32.1. The molecule has 0 aliphatic carbocycles. The van der Waals surface area contributed by atoms with Crippen LogP contribution >= 0.6 is 11.3 Å². The van der Waals surface area contributed by atoms with Crippen LogP contribution in [0.3, 0.4) is 0 Å². The number of rotatable bonds is 4. The zero-order valence-electron chi connectivity index (χ0n) is 12.4. The summed E-state index contributed by atoms with van der Waals surface area (Å²) in [6.45, 7) is 1.77. The normalized spacial score (nSPS) is 10.3. The Morgan fingerprint density at radius 3 is 2.09 bits per heavy atom. The molecule has 0 aliphatic heterocycles. The third kappa shape index (κ3) is 3.35. The molecular formula is C18H14N2O2S. The second-order valence-corrected chi connectivity index (χ2v) is 5.95. The Hall–Kier alpha value is -2.79. The fraction of sp³-hybridized carbons (Fsp3) is 0.0556. The van der Waals surface area contributed by atoms with E-state index in [4.69, 9.17) is 0 Å². The summed E-state index contributed by atoms with van der Waals surface area (Å²) >= 11 is 1.19. The van der Waals surface area contributed by atoms with Crippen LogP contribution in [0.4, 0.5) is 5.13 Å². The van der Waals surface area contributed by atoms with Crippen LogP contribution in [0.1, 0.15) is 31.3 Å². The van der Waals surface area contributed by atoms with Gasteiger partial charge in [0, 0.05) is 11.1 Å². The van der Waals surface area contributed by atoms with Gasteiger partial charge in [-0.1, -0.05) is 59.9 Å². The monoisotopic (exact) mass is 322 g/mol. The van der Waals surface area contributed by atoms with E-state index < -0.39 is 0 Å². The van der Waals surface area contributed by atoms with Crippen molar-refractivity contribution in [3.8, 4) is 0 Å². The van der Waals surface area contributed by atoms with E-state index in [0.717, 1.165) is 0 Å². The molecule has 1 aromatic heterocycles. The molecule has 114 valence electrons.